The minimum atomic E-state index is -0.165. The van der Waals surface area contributed by atoms with Crippen LogP contribution in [0.3, 0.4) is 0 Å². The second kappa shape index (κ2) is 5.84. The van der Waals surface area contributed by atoms with Gasteiger partial charge in [-0.05, 0) is 26.3 Å². The van der Waals surface area contributed by atoms with Crippen LogP contribution in [-0.2, 0) is 22.5 Å². The third kappa shape index (κ3) is 2.49. The first-order valence-corrected chi connectivity index (χ1v) is 9.87. The number of pyridine rings is 1. The maximum absolute atomic E-state index is 6.04. The van der Waals surface area contributed by atoms with E-state index in [1.165, 1.54) is 16.5 Å². The number of hydrogen-bond donors (Lipinski definition) is 0. The van der Waals surface area contributed by atoms with E-state index in [1.54, 1.807) is 17.7 Å². The molecule has 0 N–H and O–H groups in total. The van der Waals surface area contributed by atoms with E-state index >= 15 is 0 Å². The van der Waals surface area contributed by atoms with Crippen molar-refractivity contribution in [1.82, 2.24) is 15.0 Å². The first-order valence-electron chi connectivity index (χ1n) is 9.06. The number of nitrogens with zero attached hydrogens (tertiary/aromatic N) is 4. The molecule has 136 valence electrons. The Hall–Kier alpha value is -1.83. The van der Waals surface area contributed by atoms with Gasteiger partial charge in [-0.2, -0.15) is 0 Å². The van der Waals surface area contributed by atoms with Crippen LogP contribution in [0.2, 0.25) is 0 Å². The zero-order valence-corrected chi connectivity index (χ0v) is 16.2. The van der Waals surface area contributed by atoms with Gasteiger partial charge in [0.05, 0.1) is 35.6 Å². The lowest BCUT2D eigenvalue weighted by Crippen LogP contribution is -2.36. The summed E-state index contributed by atoms with van der Waals surface area (Å²) in [5.74, 6) is 1.01. The highest BCUT2D eigenvalue weighted by atomic mass is 32.1. The Morgan fingerprint density at radius 2 is 1.96 bits per heavy atom. The van der Waals surface area contributed by atoms with E-state index in [0.29, 0.717) is 6.61 Å². The molecule has 6 nitrogen and oxygen atoms in total. The third-order valence-electron chi connectivity index (χ3n) is 5.33. The van der Waals surface area contributed by atoms with E-state index in [2.05, 4.69) is 35.6 Å². The number of anilines is 1. The molecule has 3 aromatic heterocycles. The van der Waals surface area contributed by atoms with Crippen LogP contribution in [0.15, 0.2) is 6.33 Å². The van der Waals surface area contributed by atoms with Gasteiger partial charge in [0.15, 0.2) is 0 Å². The highest BCUT2D eigenvalue weighted by molar-refractivity contribution is 7.26. The van der Waals surface area contributed by atoms with Crippen molar-refractivity contribution in [2.45, 2.75) is 39.4 Å². The monoisotopic (exact) mass is 370 g/mol. The van der Waals surface area contributed by atoms with Crippen LogP contribution in [0.5, 0.6) is 0 Å². The number of ether oxygens (including phenoxy) is 2. The predicted molar refractivity (Wildman–Crippen MR) is 103 cm³/mol. The van der Waals surface area contributed by atoms with Crippen molar-refractivity contribution in [2.75, 3.05) is 31.2 Å². The smallest absolute Gasteiger partial charge is 0.150 e. The van der Waals surface area contributed by atoms with E-state index in [4.69, 9.17) is 14.5 Å². The van der Waals surface area contributed by atoms with Crippen molar-refractivity contribution in [3.63, 3.8) is 0 Å². The van der Waals surface area contributed by atoms with Crippen molar-refractivity contribution < 1.29 is 9.47 Å². The summed E-state index contributed by atoms with van der Waals surface area (Å²) in [4.78, 5) is 17.5. The molecule has 0 unspecified atom stereocenters. The molecule has 0 spiro atoms. The molecular formula is C19H22N4O2S. The number of thiophene rings is 1. The third-order valence-corrected chi connectivity index (χ3v) is 6.40. The lowest BCUT2D eigenvalue weighted by molar-refractivity contribution is -0.0400. The number of fused-ring (bicyclic) bond motifs is 5. The van der Waals surface area contributed by atoms with Gasteiger partial charge in [0, 0.05) is 36.2 Å². The van der Waals surface area contributed by atoms with Crippen molar-refractivity contribution in [1.29, 1.82) is 0 Å². The molecule has 0 atom stereocenters. The largest absolute Gasteiger partial charge is 0.378 e. The summed E-state index contributed by atoms with van der Waals surface area (Å²) in [6.45, 7) is 10.2. The highest BCUT2D eigenvalue weighted by Gasteiger charge is 2.31. The maximum atomic E-state index is 6.04. The zero-order chi connectivity index (χ0) is 17.9. The Morgan fingerprint density at radius 1 is 1.15 bits per heavy atom. The molecule has 0 radical (unpaired) electrons. The molecule has 1 saturated heterocycles. The topological polar surface area (TPSA) is 60.4 Å². The fraction of sp³-hybridized carbons (Fsp3) is 0.526. The molecule has 0 aliphatic carbocycles. The van der Waals surface area contributed by atoms with Crippen LogP contribution in [0.25, 0.3) is 20.4 Å². The van der Waals surface area contributed by atoms with Gasteiger partial charge < -0.3 is 14.4 Å². The van der Waals surface area contributed by atoms with Crippen molar-refractivity contribution in [3.8, 4) is 0 Å². The van der Waals surface area contributed by atoms with E-state index in [9.17, 15) is 0 Å². The van der Waals surface area contributed by atoms with Crippen LogP contribution in [0.1, 0.15) is 30.7 Å². The molecule has 1 fully saturated rings. The van der Waals surface area contributed by atoms with Crippen LogP contribution < -0.4 is 4.90 Å². The molecule has 2 aliphatic heterocycles. The fourth-order valence-corrected chi connectivity index (χ4v) is 5.18. The molecule has 5 heterocycles. The van der Waals surface area contributed by atoms with Gasteiger partial charge in [-0.15, -0.1) is 11.3 Å². The molecule has 3 aromatic rings. The van der Waals surface area contributed by atoms with Crippen LogP contribution in [0.4, 0.5) is 5.82 Å². The number of rotatable bonds is 1. The normalized spacial score (nSPS) is 19.9. The van der Waals surface area contributed by atoms with Gasteiger partial charge in [-0.1, -0.05) is 0 Å². The minimum absolute atomic E-state index is 0.165. The van der Waals surface area contributed by atoms with Gasteiger partial charge in [0.25, 0.3) is 0 Å². The first-order chi connectivity index (χ1) is 12.5. The fourth-order valence-electron chi connectivity index (χ4n) is 3.96. The molecule has 26 heavy (non-hydrogen) atoms. The predicted octanol–water partition coefficient (Wildman–Crippen LogP) is 3.24. The van der Waals surface area contributed by atoms with E-state index in [0.717, 1.165) is 59.3 Å². The molecule has 0 amide bonds. The number of aryl methyl sites for hydroxylation is 1. The van der Waals surface area contributed by atoms with Gasteiger partial charge in [-0.3, -0.25) is 0 Å². The van der Waals surface area contributed by atoms with Crippen molar-refractivity contribution >= 4 is 37.6 Å². The highest BCUT2D eigenvalue weighted by Crippen LogP contribution is 2.42. The summed E-state index contributed by atoms with van der Waals surface area (Å²) >= 11 is 1.71. The van der Waals surface area contributed by atoms with Gasteiger partial charge in [0.1, 0.15) is 17.0 Å². The first kappa shape index (κ1) is 16.4. The molecule has 0 aromatic carbocycles. The maximum Gasteiger partial charge on any atom is 0.150 e. The number of aromatic nitrogens is 3. The molecule has 2 aliphatic rings. The average Bonchev–Trinajstić information content (AvgIpc) is 2.99. The number of hydrogen-bond acceptors (Lipinski definition) is 7. The Kier molecular flexibility index (Phi) is 3.67. The van der Waals surface area contributed by atoms with Crippen LogP contribution in [0, 0.1) is 6.92 Å². The van der Waals surface area contributed by atoms with E-state index < -0.39 is 0 Å². The molecular weight excluding hydrogens is 348 g/mol. The Bertz CT molecular complexity index is 1010. The average molecular weight is 370 g/mol. The quantitative estimate of drug-likeness (QED) is 0.655. The second-order valence-corrected chi connectivity index (χ2v) is 8.64. The Labute approximate surface area is 156 Å². The van der Waals surface area contributed by atoms with Crippen molar-refractivity contribution in [3.05, 3.63) is 23.1 Å². The summed E-state index contributed by atoms with van der Waals surface area (Å²) < 4.78 is 12.7. The van der Waals surface area contributed by atoms with Crippen LogP contribution in [-0.4, -0.2) is 46.9 Å². The second-order valence-electron chi connectivity index (χ2n) is 7.64. The summed E-state index contributed by atoms with van der Waals surface area (Å²) in [7, 11) is 0. The van der Waals surface area contributed by atoms with Gasteiger partial charge >= 0.3 is 0 Å². The van der Waals surface area contributed by atoms with Gasteiger partial charge in [-0.25, -0.2) is 15.0 Å². The zero-order valence-electron chi connectivity index (χ0n) is 15.3. The SMILES string of the molecule is Cc1nc2sc3c(N4CCOCC4)ncnc3c2c2c1COC(C)(C)C2. The standard InChI is InChI=1S/C19H22N4O2S/c1-11-13-9-25-19(2,3)8-12(13)14-15-16(26-18(14)22-11)17(21-10-20-15)23-4-6-24-7-5-23/h10H,4-9H2,1-3H3. The van der Waals surface area contributed by atoms with E-state index in [-0.39, 0.29) is 5.60 Å². The summed E-state index contributed by atoms with van der Waals surface area (Å²) in [5, 5.41) is 1.19. The molecule has 7 heteroatoms. The summed E-state index contributed by atoms with van der Waals surface area (Å²) in [5.41, 5.74) is 4.50. The Balaban J connectivity index is 1.78. The lowest BCUT2D eigenvalue weighted by Gasteiger charge is -2.32. The minimum Gasteiger partial charge on any atom is -0.378 e. The van der Waals surface area contributed by atoms with E-state index in [1.807, 2.05) is 0 Å². The molecule has 0 bridgehead atoms. The lowest BCUT2D eigenvalue weighted by atomic mass is 9.89. The molecule has 5 rings (SSSR count). The summed E-state index contributed by atoms with van der Waals surface area (Å²) in [6.07, 6.45) is 2.57. The number of morpholine rings is 1. The Morgan fingerprint density at radius 3 is 2.77 bits per heavy atom. The van der Waals surface area contributed by atoms with Crippen molar-refractivity contribution in [2.24, 2.45) is 0 Å². The summed E-state index contributed by atoms with van der Waals surface area (Å²) in [6, 6.07) is 0. The molecule has 0 saturated carbocycles. The van der Waals surface area contributed by atoms with Crippen LogP contribution >= 0.6 is 11.3 Å². The van der Waals surface area contributed by atoms with Gasteiger partial charge in [0.2, 0.25) is 0 Å².